The van der Waals surface area contributed by atoms with Gasteiger partial charge >= 0.3 is 178 Å². The summed E-state index contributed by atoms with van der Waals surface area (Å²) < 4.78 is 212. The monoisotopic (exact) mass is 2150 g/mol. The van der Waals surface area contributed by atoms with Gasteiger partial charge in [0.1, 0.15) is 63.7 Å². The fourth-order valence-corrected chi connectivity index (χ4v) is 15.6. The van der Waals surface area contributed by atoms with Crippen LogP contribution >= 0.6 is 136 Å². The molecule has 0 aliphatic carbocycles. The number of hydrogen-bond donors (Lipinski definition) is 5. The van der Waals surface area contributed by atoms with Crippen molar-refractivity contribution in [2.24, 2.45) is 0 Å². The molecule has 10 rings (SSSR count). The van der Waals surface area contributed by atoms with Crippen molar-refractivity contribution in [1.29, 1.82) is 0 Å². The van der Waals surface area contributed by atoms with Gasteiger partial charge in [0, 0.05) is 71.8 Å². The maximum absolute atomic E-state index is 14.0. The Hall–Kier alpha value is -1.30. The summed E-state index contributed by atoms with van der Waals surface area (Å²) in [4.78, 5) is 0. The van der Waals surface area contributed by atoms with Gasteiger partial charge in [-0.25, -0.2) is 70.2 Å². The molecule has 0 radical (unpaired) electrons. The van der Waals surface area contributed by atoms with Crippen molar-refractivity contribution in [3.05, 3.63) is 265 Å². The second-order valence-electron chi connectivity index (χ2n) is 28.6. The molecule has 650 valence electrons. The topological polar surface area (TPSA) is 101 Å². The fraction of sp³-hybridized carbons (Fsp3) is 0.241. The third-order valence-corrected chi connectivity index (χ3v) is 22.4. The van der Waals surface area contributed by atoms with E-state index in [1.807, 2.05) is 91.8 Å². The summed E-state index contributed by atoms with van der Waals surface area (Å²) in [6.07, 6.45) is 0. The van der Waals surface area contributed by atoms with Crippen LogP contribution in [-0.4, -0.2) is 25.5 Å². The van der Waals surface area contributed by atoms with Gasteiger partial charge in [-0.1, -0.05) is 163 Å². The van der Waals surface area contributed by atoms with Crippen LogP contribution in [0, 0.1) is 114 Å². The number of para-hydroxylation sites is 2. The third-order valence-electron chi connectivity index (χ3n) is 15.7. The Morgan fingerprint density at radius 1 is 0.258 bits per heavy atom. The van der Waals surface area contributed by atoms with E-state index in [0.29, 0.717) is 37.4 Å². The first-order chi connectivity index (χ1) is 55.6. The van der Waals surface area contributed by atoms with Crippen LogP contribution < -0.4 is 53.0 Å². The normalized spacial score (nSPS) is 11.2. The molecule has 0 aromatic heterocycles. The summed E-state index contributed by atoms with van der Waals surface area (Å²) in [6, 6.07) is 32.3. The Bertz CT molecular complexity index is 4890. The standard InChI is InChI=1S/C20H25F2OP.2C17H19F2OP.C13H8F5OP.C12H6F5OP.10ClH.5Ti/c1-19(2,3)12-9-14(20(4,5)6)18(23)17(10-12)24-16-8-7-13(21)11-15(16)22;1-10-7-11(17(2,3)4)8-15(16(10)20)21-14-6-5-12(18)9-13(14)19;1-10-7-12(17(2,3)4)16(20)15(8-10)21-14-6-5-11(18)9-13(14)19;1-5-3-2-4-6(12(5)19)20-13-10(17)8(15)7(14)9(16)11(13)18;13-7-8(14)10(16)12(11(17)9(7)15)19-6-4-2-1-3-5(6)18;;;;;;;;;;;;;;;/h7-11,23-24H,1-6H3;2*5-9,20-21H,1-4H3;2-4,19-20H,1H3;1-4,18-19H;10*1H;;;;;/q;;;;;;;;;;;;;;;5*+2/p-10. The van der Waals surface area contributed by atoms with Crippen LogP contribution in [-0.2, 0) is 107 Å². The van der Waals surface area contributed by atoms with Crippen molar-refractivity contribution in [1.82, 2.24) is 0 Å². The van der Waals surface area contributed by atoms with Crippen molar-refractivity contribution in [2.45, 2.75) is 126 Å². The van der Waals surface area contributed by atoms with Crippen LogP contribution in [0.5, 0.6) is 28.7 Å². The Morgan fingerprint density at radius 3 is 0.867 bits per heavy atom. The molecule has 5 atom stereocenters. The van der Waals surface area contributed by atoms with E-state index in [1.54, 1.807) is 13.0 Å². The predicted molar refractivity (Wildman–Crippen MR) is 458 cm³/mol. The Balaban J connectivity index is 0.000000719. The molecular formula is C79H77Cl10F16O5P5Ti5. The Morgan fingerprint density at radius 2 is 0.542 bits per heavy atom. The SMILES string of the molecule is CC(C)(C)c1cc(Pc2ccc(F)cc2F)c(O)c(C(C)(C)C)c1.Cc1cc(C(C)(C)C)cc(Pc2ccc(F)cc2F)c1O.Cc1cc(Pc2ccc(F)cc2F)c(O)c(C(C)(C)C)c1.Cc1cccc(Pc2c(F)c(F)c(F)c(F)c2F)c1O.Oc1ccccc1Pc1c(F)c(F)c(F)c(F)c1F.[Cl][Ti][Cl].[Cl][Ti][Cl].[Cl][Ti][Cl].[Cl][Ti][Cl].[Cl][Ti][Cl]. The van der Waals surface area contributed by atoms with Gasteiger partial charge in [-0.3, -0.25) is 0 Å². The molecule has 5 N–H and O–H groups in total. The average molecular weight is 2160 g/mol. The molecule has 10 aromatic rings. The minimum absolute atomic E-state index is 0.0490. The van der Waals surface area contributed by atoms with Gasteiger partial charge in [0.25, 0.3) is 0 Å². The first-order valence-electron chi connectivity index (χ1n) is 33.8. The summed E-state index contributed by atoms with van der Waals surface area (Å²) in [6.45, 7) is 30.1. The van der Waals surface area contributed by atoms with E-state index >= 15 is 0 Å². The van der Waals surface area contributed by atoms with E-state index in [2.05, 4.69) is 41.5 Å². The Kier molecular flexibility index (Phi) is 54.8. The van der Waals surface area contributed by atoms with Crippen molar-refractivity contribution in [3.63, 3.8) is 0 Å². The molecule has 41 heteroatoms. The summed E-state index contributed by atoms with van der Waals surface area (Å²) in [7, 11) is 46.9. The molecule has 0 fully saturated rings. The zero-order valence-corrected chi connectivity index (χ0v) is 86.1. The molecule has 0 bridgehead atoms. The zero-order valence-electron chi connectivity index (χ0n) is 65.8. The fourth-order valence-electron chi connectivity index (χ4n) is 9.73. The molecule has 0 aliphatic rings. The molecule has 0 amide bonds. The number of aromatic hydroxyl groups is 5. The van der Waals surface area contributed by atoms with Crippen LogP contribution in [0.2, 0.25) is 0 Å². The summed E-state index contributed by atoms with van der Waals surface area (Å²) in [5.41, 5.74) is 5.52. The number of rotatable bonds is 10. The first-order valence-corrected chi connectivity index (χ1v) is 60.3. The molecular weight excluding hydrogens is 2080 g/mol. The molecule has 5 unspecified atom stereocenters. The van der Waals surface area contributed by atoms with Crippen molar-refractivity contribution in [3.8, 4) is 28.7 Å². The quantitative estimate of drug-likeness (QED) is 0.0309. The number of aryl methyl sites for hydroxylation is 3. The van der Waals surface area contributed by atoms with Crippen molar-refractivity contribution in [2.75, 3.05) is 0 Å². The number of phenols is 5. The zero-order chi connectivity index (χ0) is 92.6. The van der Waals surface area contributed by atoms with Gasteiger partial charge in [-0.05, 0) is 148 Å². The van der Waals surface area contributed by atoms with E-state index in [0.717, 1.165) is 51.6 Å². The van der Waals surface area contributed by atoms with E-state index in [9.17, 15) is 95.8 Å². The van der Waals surface area contributed by atoms with E-state index in [4.69, 9.17) is 93.0 Å². The second-order valence-corrected chi connectivity index (χ2v) is 48.0. The van der Waals surface area contributed by atoms with Gasteiger partial charge in [0.15, 0.2) is 46.5 Å². The summed E-state index contributed by atoms with van der Waals surface area (Å²) >= 11 is -2.78. The second kappa shape index (κ2) is 56.3. The van der Waals surface area contributed by atoms with Crippen LogP contribution in [0.1, 0.15) is 122 Å². The molecule has 120 heavy (non-hydrogen) atoms. The Labute approximate surface area is 780 Å². The maximum atomic E-state index is 14.0. The summed E-state index contributed by atoms with van der Waals surface area (Å²) in [5, 5.41) is 52.2. The molecule has 0 heterocycles. The molecule has 0 saturated carbocycles. The van der Waals surface area contributed by atoms with Crippen molar-refractivity contribution >= 4 is 189 Å². The van der Waals surface area contributed by atoms with Crippen LogP contribution in [0.15, 0.2) is 133 Å². The van der Waals surface area contributed by atoms with E-state index in [-0.39, 0.29) is 86.8 Å². The molecule has 0 spiro atoms. The molecule has 5 nitrogen and oxygen atoms in total. The van der Waals surface area contributed by atoms with Crippen LogP contribution in [0.3, 0.4) is 0 Å². The third kappa shape index (κ3) is 38.0. The average Bonchev–Trinajstić information content (AvgIpc) is 0.784. The number of hydrogen-bond acceptors (Lipinski definition) is 5. The van der Waals surface area contributed by atoms with Gasteiger partial charge in [0.05, 0.1) is 10.6 Å². The minimum atomic E-state index is -2.19. The van der Waals surface area contributed by atoms with Crippen LogP contribution in [0.25, 0.3) is 0 Å². The van der Waals surface area contributed by atoms with Gasteiger partial charge in [-0.15, -0.1) is 0 Å². The first kappa shape index (κ1) is 117. The van der Waals surface area contributed by atoms with Gasteiger partial charge in [-0.2, -0.15) is 0 Å². The molecule has 10 aromatic carbocycles. The van der Waals surface area contributed by atoms with Crippen molar-refractivity contribution < 1.29 is 181 Å². The molecule has 0 saturated heterocycles. The number of phenolic OH excluding ortho intramolecular Hbond substituents is 5. The van der Waals surface area contributed by atoms with E-state index in [1.165, 1.54) is 72.8 Å². The predicted octanol–water partition coefficient (Wildman–Crippen LogP) is 25.3. The number of halogens is 26. The van der Waals surface area contributed by atoms with Gasteiger partial charge < -0.3 is 25.5 Å². The van der Waals surface area contributed by atoms with Crippen LogP contribution in [0.4, 0.5) is 70.2 Å². The summed E-state index contributed by atoms with van der Waals surface area (Å²) in [5.74, 6) is -23.3. The van der Waals surface area contributed by atoms with E-state index < -0.39 is 206 Å². The number of benzene rings is 10. The van der Waals surface area contributed by atoms with Gasteiger partial charge in [0.2, 0.25) is 11.6 Å². The molecule has 0 aliphatic heterocycles.